The topological polar surface area (TPSA) is 169 Å². The second-order valence-corrected chi connectivity index (χ2v) is 11.2. The number of halogens is 1. The maximum atomic E-state index is 14.1. The quantitative estimate of drug-likeness (QED) is 0.116. The van der Waals surface area contributed by atoms with E-state index in [-0.39, 0.29) is 58.2 Å². The van der Waals surface area contributed by atoms with Gasteiger partial charge in [-0.05, 0) is 24.3 Å². The smallest absolute Gasteiger partial charge is 0.375 e. The van der Waals surface area contributed by atoms with Crippen LogP contribution in [0.15, 0.2) is 54.6 Å². The van der Waals surface area contributed by atoms with E-state index in [1.54, 1.807) is 0 Å². The van der Waals surface area contributed by atoms with Crippen LogP contribution in [0.25, 0.3) is 0 Å². The number of hydrogen-bond donors (Lipinski definition) is 0. The number of hydrogen-bond acceptors (Lipinski definition) is 15. The van der Waals surface area contributed by atoms with Crippen molar-refractivity contribution in [1.82, 2.24) is 19.9 Å². The third kappa shape index (κ3) is 7.88. The zero-order valence-electron chi connectivity index (χ0n) is 24.9. The molecule has 17 heteroatoms. The molecule has 0 saturated heterocycles. The van der Waals surface area contributed by atoms with Crippen LogP contribution in [0.5, 0.6) is 47.0 Å². The minimum absolute atomic E-state index is 0.120. The molecule has 0 aliphatic carbocycles. The van der Waals surface area contributed by atoms with Gasteiger partial charge in [0.25, 0.3) is 0 Å². The van der Waals surface area contributed by atoms with Gasteiger partial charge in [-0.25, -0.2) is 4.79 Å². The molecule has 2 aromatic carbocycles. The predicted octanol–water partition coefficient (Wildman–Crippen LogP) is 5.88. The van der Waals surface area contributed by atoms with Gasteiger partial charge >= 0.3 is 25.6 Å². The molecule has 4 rings (SSSR count). The molecule has 0 saturated carbocycles. The zero-order valence-corrected chi connectivity index (χ0v) is 26.5. The Morgan fingerprint density at radius 2 is 1.11 bits per heavy atom. The molecule has 0 amide bonds. The molecule has 1 atom stereocenters. The van der Waals surface area contributed by atoms with Gasteiger partial charge in [-0.1, -0.05) is 29.8 Å². The van der Waals surface area contributed by atoms with E-state index < -0.39 is 19.4 Å². The molecular weight excluding hydrogens is 635 g/mol. The first-order chi connectivity index (χ1) is 21.7. The first-order valence-corrected chi connectivity index (χ1v) is 14.8. The van der Waals surface area contributed by atoms with Crippen LogP contribution in [-0.2, 0) is 18.3 Å². The summed E-state index contributed by atoms with van der Waals surface area (Å²) in [5, 5.41) is 0.394. The van der Waals surface area contributed by atoms with Crippen LogP contribution in [0.2, 0.25) is 5.02 Å². The van der Waals surface area contributed by atoms with Crippen molar-refractivity contribution < 1.29 is 51.6 Å². The van der Waals surface area contributed by atoms with E-state index in [2.05, 4.69) is 19.9 Å². The molecule has 4 aromatic rings. The molecule has 238 valence electrons. The molecule has 0 aliphatic rings. The Labute approximate surface area is 262 Å². The largest absolute Gasteiger partial charge is 0.481 e. The standard InChI is InChI=1S/C28H28ClN4O11P/c1-36-20-14-21(37-2)31-27(30-20)42-18-8-7-9-19(43-28-32-22(38-3)15-23(33-28)39-4)24(18)25(34)44-26(45(35,40-5)41-6)16-10-12-17(29)13-11-16/h7-15,26H,1-6H3. The summed E-state index contributed by atoms with van der Waals surface area (Å²) in [6.45, 7) is 0. The van der Waals surface area contributed by atoms with Gasteiger partial charge in [0.1, 0.15) is 17.1 Å². The Balaban J connectivity index is 1.85. The summed E-state index contributed by atoms with van der Waals surface area (Å²) >= 11 is 6.05. The SMILES string of the molecule is COc1cc(OC)nc(Oc2cccc(Oc3nc(OC)cc(OC)n3)c2C(=O)OC(c2ccc(Cl)cc2)P(=O)(OC)OC)n1. The minimum Gasteiger partial charge on any atom is -0.481 e. The highest BCUT2D eigenvalue weighted by Crippen LogP contribution is 2.61. The number of benzene rings is 2. The van der Waals surface area contributed by atoms with Gasteiger partial charge in [0.2, 0.25) is 29.4 Å². The summed E-state index contributed by atoms with van der Waals surface area (Å²) in [4.78, 5) is 30.7. The molecule has 15 nitrogen and oxygen atoms in total. The average molecular weight is 663 g/mol. The van der Waals surface area contributed by atoms with Crippen molar-refractivity contribution in [1.29, 1.82) is 0 Å². The molecule has 0 radical (unpaired) electrons. The number of nitrogens with zero attached hydrogens (tertiary/aromatic N) is 4. The fourth-order valence-corrected chi connectivity index (χ4v) is 5.14. The Morgan fingerprint density at radius 3 is 1.49 bits per heavy atom. The van der Waals surface area contributed by atoms with Crippen molar-refractivity contribution in [2.75, 3.05) is 42.7 Å². The molecule has 0 aliphatic heterocycles. The third-order valence-electron chi connectivity index (χ3n) is 5.92. The monoisotopic (exact) mass is 662 g/mol. The van der Waals surface area contributed by atoms with Crippen LogP contribution >= 0.6 is 19.2 Å². The van der Waals surface area contributed by atoms with E-state index >= 15 is 0 Å². The lowest BCUT2D eigenvalue weighted by atomic mass is 10.1. The molecule has 0 spiro atoms. The van der Waals surface area contributed by atoms with Crippen molar-refractivity contribution in [3.8, 4) is 47.0 Å². The van der Waals surface area contributed by atoms with Crippen LogP contribution < -0.4 is 28.4 Å². The van der Waals surface area contributed by atoms with E-state index in [0.717, 1.165) is 14.2 Å². The van der Waals surface area contributed by atoms with Crippen molar-refractivity contribution in [2.24, 2.45) is 0 Å². The maximum absolute atomic E-state index is 14.1. The Morgan fingerprint density at radius 1 is 0.689 bits per heavy atom. The van der Waals surface area contributed by atoms with Crippen LogP contribution in [0, 0.1) is 0 Å². The van der Waals surface area contributed by atoms with Crippen LogP contribution in [0.3, 0.4) is 0 Å². The Hall–Kier alpha value is -4.69. The summed E-state index contributed by atoms with van der Waals surface area (Å²) in [7, 11) is 3.81. The fourth-order valence-electron chi connectivity index (χ4n) is 3.72. The molecular formula is C28H28ClN4O11P. The highest BCUT2D eigenvalue weighted by molar-refractivity contribution is 7.54. The second-order valence-electron chi connectivity index (χ2n) is 8.52. The van der Waals surface area contributed by atoms with E-state index in [9.17, 15) is 9.36 Å². The fraction of sp³-hybridized carbons (Fsp3) is 0.250. The van der Waals surface area contributed by atoms with Crippen LogP contribution in [-0.4, -0.2) is 68.6 Å². The van der Waals surface area contributed by atoms with Crippen molar-refractivity contribution >= 4 is 25.2 Å². The number of esters is 1. The number of aromatic nitrogens is 4. The predicted molar refractivity (Wildman–Crippen MR) is 158 cm³/mol. The van der Waals surface area contributed by atoms with E-state index in [0.29, 0.717) is 5.02 Å². The summed E-state index contributed by atoms with van der Waals surface area (Å²) in [6, 6.07) is 12.8. The first-order valence-electron chi connectivity index (χ1n) is 12.8. The molecule has 1 unspecified atom stereocenters. The van der Waals surface area contributed by atoms with Gasteiger partial charge in [-0.3, -0.25) is 4.57 Å². The molecule has 0 fully saturated rings. The van der Waals surface area contributed by atoms with E-state index in [1.807, 2.05) is 0 Å². The minimum atomic E-state index is -4.09. The van der Waals surface area contributed by atoms with Gasteiger partial charge in [0, 0.05) is 24.8 Å². The number of carbonyl (C=O) groups is 1. The van der Waals surface area contributed by atoms with Crippen molar-refractivity contribution in [3.63, 3.8) is 0 Å². The highest BCUT2D eigenvalue weighted by Gasteiger charge is 2.40. The average Bonchev–Trinajstić information content (AvgIpc) is 3.06. The molecule has 2 aromatic heterocycles. The van der Waals surface area contributed by atoms with Gasteiger partial charge in [0.15, 0.2) is 0 Å². The van der Waals surface area contributed by atoms with Gasteiger partial charge in [0.05, 0.1) is 40.6 Å². The maximum Gasteiger partial charge on any atom is 0.375 e. The number of carbonyl (C=O) groups excluding carboxylic acids is 1. The normalized spacial score (nSPS) is 11.7. The lowest BCUT2D eigenvalue weighted by Crippen LogP contribution is -2.16. The first kappa shape index (κ1) is 33.2. The second kappa shape index (κ2) is 14.9. The number of methoxy groups -OCH3 is 4. The van der Waals surface area contributed by atoms with Crippen LogP contribution in [0.4, 0.5) is 0 Å². The van der Waals surface area contributed by atoms with Crippen molar-refractivity contribution in [3.05, 3.63) is 70.7 Å². The summed E-state index contributed by atoms with van der Waals surface area (Å²) in [5.41, 5.74) is -0.0339. The van der Waals surface area contributed by atoms with Gasteiger partial charge in [-0.15, -0.1) is 0 Å². The van der Waals surface area contributed by atoms with E-state index in [1.165, 1.54) is 83.0 Å². The van der Waals surface area contributed by atoms with E-state index in [4.69, 9.17) is 53.8 Å². The molecule has 0 bridgehead atoms. The number of rotatable bonds is 14. The summed E-state index contributed by atoms with van der Waals surface area (Å²) in [5.74, 6) is -2.41. The lowest BCUT2D eigenvalue weighted by molar-refractivity contribution is 0.0375. The number of ether oxygens (including phenoxy) is 7. The molecule has 0 N–H and O–H groups in total. The zero-order chi connectivity index (χ0) is 32.6. The lowest BCUT2D eigenvalue weighted by Gasteiger charge is -2.25. The Bertz CT molecular complexity index is 1570. The van der Waals surface area contributed by atoms with Crippen LogP contribution in [0.1, 0.15) is 21.8 Å². The third-order valence-corrected chi connectivity index (χ3v) is 8.17. The molecule has 2 heterocycles. The summed E-state index contributed by atoms with van der Waals surface area (Å²) in [6.07, 6.45) is 0. The highest BCUT2D eigenvalue weighted by atomic mass is 35.5. The Kier molecular flexibility index (Phi) is 11.0. The molecule has 45 heavy (non-hydrogen) atoms. The summed E-state index contributed by atoms with van der Waals surface area (Å²) < 4.78 is 62.4. The van der Waals surface area contributed by atoms with Gasteiger partial charge < -0.3 is 42.2 Å². The van der Waals surface area contributed by atoms with Gasteiger partial charge in [-0.2, -0.15) is 19.9 Å². The van der Waals surface area contributed by atoms with Crippen molar-refractivity contribution in [2.45, 2.75) is 5.85 Å².